The number of nitrogens with zero attached hydrogens (tertiary/aromatic N) is 1. The summed E-state index contributed by atoms with van der Waals surface area (Å²) in [7, 11) is 1.60. The maximum Gasteiger partial charge on any atom is 0.355 e. The molecule has 0 radical (unpaired) electrons. The van der Waals surface area contributed by atoms with Gasteiger partial charge < -0.3 is 19.4 Å². The van der Waals surface area contributed by atoms with Crippen LogP contribution in [0.25, 0.3) is 0 Å². The maximum atomic E-state index is 13.1. The lowest BCUT2D eigenvalue weighted by molar-refractivity contribution is 0.0519. The number of ether oxygens (including phenoxy) is 2. The Kier molecular flexibility index (Phi) is 8.35. The summed E-state index contributed by atoms with van der Waals surface area (Å²) in [4.78, 5) is 42.8. The van der Waals surface area contributed by atoms with Gasteiger partial charge in [-0.05, 0) is 51.8 Å². The smallest absolute Gasteiger partial charge is 0.355 e. The molecule has 30 heavy (non-hydrogen) atoms. The average Bonchev–Trinajstić information content (AvgIpc) is 3.01. The van der Waals surface area contributed by atoms with E-state index in [1.807, 2.05) is 19.1 Å². The zero-order valence-electron chi connectivity index (χ0n) is 18.3. The number of H-pyrrole nitrogens is 1. The zero-order valence-corrected chi connectivity index (χ0v) is 18.3. The molecule has 2 rings (SSSR count). The molecule has 1 heterocycles. The van der Waals surface area contributed by atoms with Gasteiger partial charge in [0.1, 0.15) is 5.69 Å². The van der Waals surface area contributed by atoms with Crippen LogP contribution in [0.5, 0.6) is 0 Å². The zero-order chi connectivity index (χ0) is 22.3. The number of methoxy groups -OCH3 is 1. The molecule has 0 unspecified atom stereocenters. The van der Waals surface area contributed by atoms with E-state index in [0.29, 0.717) is 42.0 Å². The molecular formula is C23H30N2O5. The second-order valence-electron chi connectivity index (χ2n) is 7.21. The Labute approximate surface area is 177 Å². The fourth-order valence-corrected chi connectivity index (χ4v) is 3.36. The Morgan fingerprint density at radius 3 is 2.33 bits per heavy atom. The van der Waals surface area contributed by atoms with Crippen molar-refractivity contribution in [1.29, 1.82) is 0 Å². The first-order valence-corrected chi connectivity index (χ1v) is 10.0. The van der Waals surface area contributed by atoms with Gasteiger partial charge in [-0.1, -0.05) is 17.7 Å². The molecule has 0 saturated carbocycles. The minimum absolute atomic E-state index is 0.0851. The minimum Gasteiger partial charge on any atom is -0.461 e. The van der Waals surface area contributed by atoms with Crippen molar-refractivity contribution in [1.82, 2.24) is 9.88 Å². The van der Waals surface area contributed by atoms with Gasteiger partial charge in [0, 0.05) is 37.1 Å². The molecular weight excluding hydrogens is 384 g/mol. The van der Waals surface area contributed by atoms with Crippen molar-refractivity contribution in [2.45, 2.75) is 34.1 Å². The van der Waals surface area contributed by atoms with Crippen molar-refractivity contribution in [2.75, 3.05) is 33.4 Å². The van der Waals surface area contributed by atoms with E-state index in [4.69, 9.17) is 9.47 Å². The number of benzene rings is 1. The Morgan fingerprint density at radius 2 is 1.73 bits per heavy atom. The van der Waals surface area contributed by atoms with Crippen molar-refractivity contribution in [3.8, 4) is 0 Å². The van der Waals surface area contributed by atoms with Crippen LogP contribution in [0, 0.1) is 20.8 Å². The monoisotopic (exact) mass is 414 g/mol. The lowest BCUT2D eigenvalue weighted by atomic mass is 10.0. The summed E-state index contributed by atoms with van der Waals surface area (Å²) < 4.78 is 10.1. The number of amides is 1. The number of hydrogen-bond donors (Lipinski definition) is 1. The number of aromatic nitrogens is 1. The van der Waals surface area contributed by atoms with Crippen LogP contribution in [0.4, 0.5) is 0 Å². The van der Waals surface area contributed by atoms with Crippen molar-refractivity contribution in [3.05, 3.63) is 57.9 Å². The molecule has 0 saturated heterocycles. The lowest BCUT2D eigenvalue weighted by Gasteiger charge is -2.22. The minimum atomic E-state index is -0.496. The fourth-order valence-electron chi connectivity index (χ4n) is 3.36. The second kappa shape index (κ2) is 10.7. The molecule has 1 aromatic carbocycles. The number of ketones is 1. The van der Waals surface area contributed by atoms with Gasteiger partial charge in [-0.25, -0.2) is 4.79 Å². The molecule has 0 aliphatic carbocycles. The summed E-state index contributed by atoms with van der Waals surface area (Å²) in [5.41, 5.74) is 3.40. The first kappa shape index (κ1) is 23.3. The van der Waals surface area contributed by atoms with Crippen molar-refractivity contribution < 1.29 is 23.9 Å². The molecule has 0 aliphatic rings. The number of rotatable bonds is 10. The number of Topliss-reactive ketones (excluding diaryl/α,β-unsaturated/α-hetero) is 1. The summed E-state index contributed by atoms with van der Waals surface area (Å²) >= 11 is 0. The first-order valence-electron chi connectivity index (χ1n) is 10.0. The topological polar surface area (TPSA) is 88.7 Å². The molecule has 0 aliphatic heterocycles. The molecule has 0 atom stereocenters. The van der Waals surface area contributed by atoms with Gasteiger partial charge in [0.2, 0.25) is 0 Å². The van der Waals surface area contributed by atoms with Gasteiger partial charge in [-0.2, -0.15) is 0 Å². The average molecular weight is 415 g/mol. The molecule has 162 valence electrons. The van der Waals surface area contributed by atoms with E-state index in [1.54, 1.807) is 40.0 Å². The third-order valence-corrected chi connectivity index (χ3v) is 4.89. The Bertz CT molecular complexity index is 899. The number of hydrogen-bond acceptors (Lipinski definition) is 5. The van der Waals surface area contributed by atoms with Crippen LogP contribution in [0.15, 0.2) is 24.3 Å². The normalized spacial score (nSPS) is 10.7. The van der Waals surface area contributed by atoms with Crippen molar-refractivity contribution in [3.63, 3.8) is 0 Å². The highest BCUT2D eigenvalue weighted by atomic mass is 16.5. The summed E-state index contributed by atoms with van der Waals surface area (Å²) in [6.07, 6.45) is 0.612. The largest absolute Gasteiger partial charge is 0.461 e. The predicted molar refractivity (Wildman–Crippen MR) is 114 cm³/mol. The van der Waals surface area contributed by atoms with Crippen LogP contribution < -0.4 is 0 Å². The molecule has 0 spiro atoms. The van der Waals surface area contributed by atoms with Crippen LogP contribution in [0.2, 0.25) is 0 Å². The Morgan fingerprint density at radius 1 is 1.07 bits per heavy atom. The molecule has 1 N–H and O–H groups in total. The van der Waals surface area contributed by atoms with Gasteiger partial charge in [0.15, 0.2) is 5.78 Å². The number of esters is 1. The SMILES string of the molecule is CCOC(=O)c1[nH]c(C)c(C(=O)CN(CCCOC)C(=O)c2ccc(C)cc2)c1C. The second-order valence-corrected chi connectivity index (χ2v) is 7.21. The maximum absolute atomic E-state index is 13.1. The molecule has 0 bridgehead atoms. The number of nitrogens with one attached hydrogen (secondary N) is 1. The number of carbonyl (C=O) groups is 3. The highest BCUT2D eigenvalue weighted by molar-refractivity contribution is 6.05. The summed E-state index contributed by atoms with van der Waals surface area (Å²) in [5, 5.41) is 0. The van der Waals surface area contributed by atoms with E-state index in [0.717, 1.165) is 5.56 Å². The number of carbonyl (C=O) groups excluding carboxylic acids is 3. The van der Waals surface area contributed by atoms with Gasteiger partial charge in [0.05, 0.1) is 13.2 Å². The summed E-state index contributed by atoms with van der Waals surface area (Å²) in [6.45, 7) is 8.16. The van der Waals surface area contributed by atoms with Gasteiger partial charge in [-0.15, -0.1) is 0 Å². The molecule has 7 heteroatoms. The van der Waals surface area contributed by atoms with E-state index in [-0.39, 0.29) is 30.5 Å². The first-order chi connectivity index (χ1) is 14.3. The predicted octanol–water partition coefficient (Wildman–Crippen LogP) is 3.48. The summed E-state index contributed by atoms with van der Waals surface area (Å²) in [5.74, 6) is -0.935. The Hall–Kier alpha value is -2.93. The highest BCUT2D eigenvalue weighted by Gasteiger charge is 2.26. The summed E-state index contributed by atoms with van der Waals surface area (Å²) in [6, 6.07) is 7.26. The van der Waals surface area contributed by atoms with E-state index >= 15 is 0 Å². The third-order valence-electron chi connectivity index (χ3n) is 4.89. The van der Waals surface area contributed by atoms with Crippen molar-refractivity contribution >= 4 is 17.7 Å². The highest BCUT2D eigenvalue weighted by Crippen LogP contribution is 2.20. The van der Waals surface area contributed by atoms with E-state index in [9.17, 15) is 14.4 Å². The van der Waals surface area contributed by atoms with Gasteiger partial charge >= 0.3 is 5.97 Å². The Balaban J connectivity index is 2.26. The number of aromatic amines is 1. The molecule has 0 fully saturated rings. The van der Waals surface area contributed by atoms with Crippen molar-refractivity contribution in [2.24, 2.45) is 0 Å². The van der Waals surface area contributed by atoms with Crippen LogP contribution in [-0.4, -0.2) is 61.0 Å². The van der Waals surface area contributed by atoms with Gasteiger partial charge in [-0.3, -0.25) is 9.59 Å². The fraction of sp³-hybridized carbons (Fsp3) is 0.435. The van der Waals surface area contributed by atoms with Crippen LogP contribution in [-0.2, 0) is 9.47 Å². The molecule has 1 aromatic heterocycles. The van der Waals surface area contributed by atoms with E-state index in [2.05, 4.69) is 4.98 Å². The van der Waals surface area contributed by atoms with Crippen LogP contribution in [0.3, 0.4) is 0 Å². The number of aryl methyl sites for hydroxylation is 2. The van der Waals surface area contributed by atoms with E-state index < -0.39 is 5.97 Å². The van der Waals surface area contributed by atoms with E-state index in [1.165, 1.54) is 4.90 Å². The standard InChI is InChI=1S/C23H30N2O5/c1-6-30-23(28)21-16(3)20(17(4)24-21)19(26)14-25(12-7-13-29-5)22(27)18-10-8-15(2)9-11-18/h8-11,24H,6-7,12-14H2,1-5H3. The molecule has 1 amide bonds. The van der Waals surface area contributed by atoms with Crippen LogP contribution in [0.1, 0.15) is 61.4 Å². The molecule has 2 aromatic rings. The quantitative estimate of drug-likeness (QED) is 0.365. The third kappa shape index (κ3) is 5.57. The van der Waals surface area contributed by atoms with Gasteiger partial charge in [0.25, 0.3) is 5.91 Å². The molecule has 7 nitrogen and oxygen atoms in total. The van der Waals surface area contributed by atoms with Crippen LogP contribution >= 0.6 is 0 Å². The lowest BCUT2D eigenvalue weighted by Crippen LogP contribution is -2.37.